The first kappa shape index (κ1) is 22.4. The van der Waals surface area contributed by atoms with Crippen LogP contribution in [0.3, 0.4) is 0 Å². The summed E-state index contributed by atoms with van der Waals surface area (Å²) in [4.78, 5) is 15.4. The van der Waals surface area contributed by atoms with Crippen molar-refractivity contribution >= 4 is 11.9 Å². The van der Waals surface area contributed by atoms with Crippen molar-refractivity contribution in [2.24, 2.45) is 0 Å². The standard InChI is InChI=1S/C22H23NO2.ClH3O4/c1-23-11-10-22(17-8-5-9-18(24)13-17)14-20(23)19(21(25)15-22)12-16-6-3-2-4-7-16;2-1(3,4)5/h2-9,12-13,20,24H,10-11,14-15H2,1H3;2-4H/b19-12+;. The Kier molecular flexibility index (Phi) is 6.62. The predicted octanol–water partition coefficient (Wildman–Crippen LogP) is 0.921. The fraction of sp³-hybridized carbons (Fsp3) is 0.318. The van der Waals surface area contributed by atoms with E-state index in [4.69, 9.17) is 18.6 Å². The van der Waals surface area contributed by atoms with E-state index >= 15 is 0 Å². The molecule has 162 valence electrons. The van der Waals surface area contributed by atoms with Gasteiger partial charge in [0.1, 0.15) is 5.75 Å². The van der Waals surface area contributed by atoms with Gasteiger partial charge in [-0.2, -0.15) is 0 Å². The monoisotopic (exact) mass is 435 g/mol. The fourth-order valence-electron chi connectivity index (χ4n) is 4.38. The van der Waals surface area contributed by atoms with Crippen LogP contribution < -0.4 is 4.66 Å². The fourth-order valence-corrected chi connectivity index (χ4v) is 4.38. The van der Waals surface area contributed by atoms with Gasteiger partial charge in [0.05, 0.1) is 0 Å². The molecular weight excluding hydrogens is 410 g/mol. The number of likely N-dealkylation sites (tertiary alicyclic amines) is 1. The first-order valence-corrected chi connectivity index (χ1v) is 10.9. The van der Waals surface area contributed by atoms with Gasteiger partial charge in [-0.15, -0.1) is 0 Å². The second kappa shape index (κ2) is 8.85. The molecule has 4 rings (SSSR count). The first-order valence-electron chi connectivity index (χ1n) is 9.53. The Labute approximate surface area is 177 Å². The van der Waals surface area contributed by atoms with Crippen LogP contribution in [0.1, 0.15) is 30.4 Å². The van der Waals surface area contributed by atoms with Crippen LogP contribution in [-0.2, 0) is 10.2 Å². The summed E-state index contributed by atoms with van der Waals surface area (Å²) in [7, 11) is -2.09. The van der Waals surface area contributed by atoms with E-state index in [1.165, 1.54) is 0 Å². The summed E-state index contributed by atoms with van der Waals surface area (Å²) in [6.07, 6.45) is 4.46. The summed E-state index contributed by atoms with van der Waals surface area (Å²) in [6, 6.07) is 17.7. The number of nitrogens with zero attached hydrogens (tertiary/aromatic N) is 1. The van der Waals surface area contributed by atoms with E-state index < -0.39 is 10.2 Å². The quantitative estimate of drug-likeness (QED) is 0.517. The van der Waals surface area contributed by atoms with Gasteiger partial charge in [0.25, 0.3) is 0 Å². The van der Waals surface area contributed by atoms with Gasteiger partial charge in [-0.3, -0.25) is 9.69 Å². The molecule has 2 aromatic carbocycles. The summed E-state index contributed by atoms with van der Waals surface area (Å²) in [5.41, 5.74) is 2.94. The molecule has 1 heterocycles. The number of fused-ring (bicyclic) bond motifs is 2. The van der Waals surface area contributed by atoms with E-state index in [-0.39, 0.29) is 23.0 Å². The molecular formula is C22H26ClNO6. The normalized spacial score (nSPS) is 26.1. The molecule has 1 aliphatic heterocycles. The van der Waals surface area contributed by atoms with Gasteiger partial charge in [0.15, 0.2) is 5.78 Å². The Morgan fingerprint density at radius 3 is 2.43 bits per heavy atom. The molecule has 2 aliphatic rings. The molecule has 2 fully saturated rings. The van der Waals surface area contributed by atoms with Gasteiger partial charge in [0, 0.05) is 23.5 Å². The van der Waals surface area contributed by atoms with E-state index in [9.17, 15) is 9.90 Å². The summed E-state index contributed by atoms with van der Waals surface area (Å²) in [5.74, 6) is 0.510. The number of piperidine rings is 1. The Hall–Kier alpha value is -2.26. The minimum absolute atomic E-state index is 0.137. The molecule has 2 unspecified atom stereocenters. The molecule has 0 spiro atoms. The molecule has 2 aromatic rings. The number of hydrogen-bond donors (Lipinski definition) is 4. The molecule has 7 nitrogen and oxygen atoms in total. The zero-order valence-electron chi connectivity index (χ0n) is 16.6. The van der Waals surface area contributed by atoms with E-state index in [0.717, 1.165) is 36.1 Å². The number of carbonyl (C=O) groups is 1. The van der Waals surface area contributed by atoms with Crippen molar-refractivity contribution in [2.45, 2.75) is 30.7 Å². The Bertz CT molecular complexity index is 921. The molecule has 1 saturated carbocycles. The Morgan fingerprint density at radius 2 is 1.80 bits per heavy atom. The number of halogens is 1. The minimum atomic E-state index is -4.19. The van der Waals surface area contributed by atoms with Crippen molar-refractivity contribution in [1.29, 1.82) is 0 Å². The van der Waals surface area contributed by atoms with Crippen molar-refractivity contribution in [2.75, 3.05) is 13.6 Å². The van der Waals surface area contributed by atoms with Crippen molar-refractivity contribution in [3.8, 4) is 5.75 Å². The van der Waals surface area contributed by atoms with Crippen LogP contribution in [0.5, 0.6) is 5.75 Å². The summed E-state index contributed by atoms with van der Waals surface area (Å²) >= 11 is 0. The molecule has 1 saturated heterocycles. The summed E-state index contributed by atoms with van der Waals surface area (Å²) in [5, 5.41) is 9.90. The van der Waals surface area contributed by atoms with Crippen molar-refractivity contribution in [3.63, 3.8) is 0 Å². The molecule has 1 aliphatic carbocycles. The maximum absolute atomic E-state index is 13.1. The maximum atomic E-state index is 13.1. The number of aromatic hydroxyl groups is 1. The molecule has 0 radical (unpaired) electrons. The first-order chi connectivity index (χ1) is 14.1. The van der Waals surface area contributed by atoms with Gasteiger partial charge in [-0.25, -0.2) is 0 Å². The number of rotatable bonds is 2. The number of phenols is 1. The van der Waals surface area contributed by atoms with Crippen molar-refractivity contribution in [3.05, 3.63) is 71.3 Å². The van der Waals surface area contributed by atoms with E-state index in [0.29, 0.717) is 6.42 Å². The van der Waals surface area contributed by atoms with Gasteiger partial charge >= 0.3 is 28.9 Å². The SMILES string of the molecule is CN1CCC2(c3cccc(O)c3)CC(=O)/C(=C/c3ccccc3)C1C2.[O-][Cl+](O)(O)O. The van der Waals surface area contributed by atoms with Crippen LogP contribution >= 0.6 is 0 Å². The van der Waals surface area contributed by atoms with Gasteiger partial charge in [-0.05, 0) is 55.8 Å². The van der Waals surface area contributed by atoms with Crippen molar-refractivity contribution in [1.82, 2.24) is 4.90 Å². The Balaban J connectivity index is 0.000000461. The third-order valence-corrected chi connectivity index (χ3v) is 5.82. The van der Waals surface area contributed by atoms with Gasteiger partial charge in [0.2, 0.25) is 0 Å². The second-order valence-electron chi connectivity index (χ2n) is 7.83. The van der Waals surface area contributed by atoms with E-state index in [1.54, 1.807) is 6.07 Å². The molecule has 8 heteroatoms. The Morgan fingerprint density at radius 1 is 1.13 bits per heavy atom. The third kappa shape index (κ3) is 5.46. The average Bonchev–Trinajstić information content (AvgIpc) is 2.67. The van der Waals surface area contributed by atoms with E-state index in [1.807, 2.05) is 42.5 Å². The molecule has 2 atom stereocenters. The van der Waals surface area contributed by atoms with Crippen LogP contribution in [0.2, 0.25) is 0 Å². The van der Waals surface area contributed by atoms with Crippen LogP contribution in [0.4, 0.5) is 0 Å². The molecule has 2 bridgehead atoms. The van der Waals surface area contributed by atoms with Crippen LogP contribution in [-0.4, -0.2) is 49.4 Å². The number of carbonyl (C=O) groups excluding carboxylic acids is 1. The number of Topliss-reactive ketones (excluding diaryl/α,β-unsaturated/α-hetero) is 1. The zero-order chi connectivity index (χ0) is 21.9. The predicted molar refractivity (Wildman–Crippen MR) is 106 cm³/mol. The number of phenolic OH excluding ortho intramolecular Hbond substituents is 1. The number of hydrogen-bond acceptors (Lipinski definition) is 7. The molecule has 4 N–H and O–H groups in total. The van der Waals surface area contributed by atoms with Crippen LogP contribution in [0, 0.1) is 10.2 Å². The summed E-state index contributed by atoms with van der Waals surface area (Å²) in [6.45, 7) is 0.958. The van der Waals surface area contributed by atoms with Gasteiger partial charge in [-0.1, -0.05) is 42.5 Å². The van der Waals surface area contributed by atoms with Crippen LogP contribution in [0.15, 0.2) is 60.2 Å². The van der Waals surface area contributed by atoms with Gasteiger partial charge < -0.3 is 5.11 Å². The topological polar surface area (TPSA) is 124 Å². The summed E-state index contributed by atoms with van der Waals surface area (Å²) < 4.78 is 30.2. The number of ketones is 1. The molecule has 0 amide bonds. The van der Waals surface area contributed by atoms with E-state index in [2.05, 4.69) is 24.1 Å². The second-order valence-corrected chi connectivity index (χ2v) is 8.69. The third-order valence-electron chi connectivity index (χ3n) is 5.82. The average molecular weight is 436 g/mol. The number of likely N-dealkylation sites (N-methyl/N-ethyl adjacent to an activating group) is 1. The molecule has 0 aromatic heterocycles. The number of benzene rings is 2. The molecule has 30 heavy (non-hydrogen) atoms. The zero-order valence-corrected chi connectivity index (χ0v) is 17.4. The van der Waals surface area contributed by atoms with Crippen molar-refractivity contribution < 1.29 is 38.8 Å². The van der Waals surface area contributed by atoms with Crippen LogP contribution in [0.25, 0.3) is 6.08 Å².